The first kappa shape index (κ1) is 25.5. The van der Waals surface area contributed by atoms with Crippen LogP contribution < -0.4 is 0 Å². The average Bonchev–Trinajstić information content (AvgIpc) is 2.84. The second-order valence-corrected chi connectivity index (χ2v) is 8.53. The molecule has 0 aliphatic rings. The predicted octanol–water partition coefficient (Wildman–Crippen LogP) is 8.73. The van der Waals surface area contributed by atoms with E-state index in [0.29, 0.717) is 5.56 Å². The Morgan fingerprint density at radius 2 is 1.00 bits per heavy atom. The number of benzene rings is 4. The van der Waals surface area contributed by atoms with Crippen LogP contribution in [0.15, 0.2) is 60.7 Å². The first-order chi connectivity index (χ1) is 17.2. The normalized spacial score (nSPS) is 11.2. The standard InChI is InChI=1S/C29H21F7/c1-2-3-16-4-7-18(8-5-16)20-10-11-21(28(35)27(20)34)19-14-23(30)22(24(31)15-19)9-6-17-12-25(32)29(36)26(33)13-17/h4-5,7-8,10-15H,2-3,6,9H2,1H3. The lowest BCUT2D eigenvalue weighted by Gasteiger charge is -2.12. The monoisotopic (exact) mass is 502 g/mol. The Kier molecular flexibility index (Phi) is 7.48. The summed E-state index contributed by atoms with van der Waals surface area (Å²) in [7, 11) is 0. The molecule has 0 aliphatic carbocycles. The fraction of sp³-hybridized carbons (Fsp3) is 0.172. The molecule has 186 valence electrons. The third-order valence-electron chi connectivity index (χ3n) is 6.05. The van der Waals surface area contributed by atoms with Gasteiger partial charge in [-0.2, -0.15) is 0 Å². The molecule has 0 spiro atoms. The molecule has 0 atom stereocenters. The number of hydrogen-bond acceptors (Lipinski definition) is 0. The Bertz CT molecular complexity index is 1360. The first-order valence-corrected chi connectivity index (χ1v) is 11.4. The van der Waals surface area contributed by atoms with Crippen LogP contribution in [0.25, 0.3) is 22.3 Å². The Labute approximate surface area is 204 Å². The number of hydrogen-bond donors (Lipinski definition) is 0. The van der Waals surface area contributed by atoms with Gasteiger partial charge in [0.2, 0.25) is 0 Å². The van der Waals surface area contributed by atoms with Gasteiger partial charge >= 0.3 is 0 Å². The predicted molar refractivity (Wildman–Crippen MR) is 125 cm³/mol. The quantitative estimate of drug-likeness (QED) is 0.175. The molecule has 0 aromatic heterocycles. The van der Waals surface area contributed by atoms with E-state index in [0.717, 1.165) is 42.7 Å². The maximum absolute atomic E-state index is 15.0. The second-order valence-electron chi connectivity index (χ2n) is 8.53. The van der Waals surface area contributed by atoms with E-state index in [1.807, 2.05) is 19.1 Å². The Morgan fingerprint density at radius 3 is 1.53 bits per heavy atom. The molecule has 0 saturated carbocycles. The first-order valence-electron chi connectivity index (χ1n) is 11.4. The number of rotatable bonds is 7. The lowest BCUT2D eigenvalue weighted by Crippen LogP contribution is -2.02. The average molecular weight is 502 g/mol. The minimum absolute atomic E-state index is 0.0145. The minimum Gasteiger partial charge on any atom is -0.207 e. The third kappa shape index (κ3) is 5.15. The minimum atomic E-state index is -1.63. The summed E-state index contributed by atoms with van der Waals surface area (Å²) in [6, 6.07) is 12.9. The molecular formula is C29H21F7. The SMILES string of the molecule is CCCc1ccc(-c2ccc(-c3cc(F)c(CCc4cc(F)c(F)c(F)c4)c(F)c3)c(F)c2F)cc1. The summed E-state index contributed by atoms with van der Waals surface area (Å²) < 4.78 is 99.2. The molecular weight excluding hydrogens is 481 g/mol. The Balaban J connectivity index is 1.60. The fourth-order valence-electron chi connectivity index (χ4n) is 4.15. The van der Waals surface area contributed by atoms with E-state index in [9.17, 15) is 30.7 Å². The van der Waals surface area contributed by atoms with Crippen LogP contribution in [0.1, 0.15) is 30.0 Å². The van der Waals surface area contributed by atoms with E-state index in [-0.39, 0.29) is 35.1 Å². The van der Waals surface area contributed by atoms with Gasteiger partial charge in [-0.3, -0.25) is 0 Å². The maximum Gasteiger partial charge on any atom is 0.194 e. The lowest BCUT2D eigenvalue weighted by atomic mass is 9.95. The van der Waals surface area contributed by atoms with E-state index in [1.165, 1.54) is 12.1 Å². The zero-order chi connectivity index (χ0) is 26.0. The summed E-state index contributed by atoms with van der Waals surface area (Å²) in [5.74, 6) is -8.87. The summed E-state index contributed by atoms with van der Waals surface area (Å²) in [5.41, 5.74) is 0.670. The van der Waals surface area contributed by atoms with Crippen LogP contribution in [-0.4, -0.2) is 0 Å². The molecule has 4 aromatic rings. The second kappa shape index (κ2) is 10.6. The molecule has 0 bridgehead atoms. The molecule has 7 heteroatoms. The van der Waals surface area contributed by atoms with Gasteiger partial charge in [0.25, 0.3) is 0 Å². The van der Waals surface area contributed by atoms with Crippen molar-refractivity contribution in [3.63, 3.8) is 0 Å². The van der Waals surface area contributed by atoms with Crippen LogP contribution in [0.2, 0.25) is 0 Å². The van der Waals surface area contributed by atoms with Crippen LogP contribution in [0.4, 0.5) is 30.7 Å². The van der Waals surface area contributed by atoms with Crippen molar-refractivity contribution >= 4 is 0 Å². The van der Waals surface area contributed by atoms with Gasteiger partial charge in [-0.15, -0.1) is 0 Å². The fourth-order valence-corrected chi connectivity index (χ4v) is 4.15. The maximum atomic E-state index is 15.0. The molecule has 0 radical (unpaired) electrons. The molecule has 0 fully saturated rings. The summed E-state index contributed by atoms with van der Waals surface area (Å²) in [6.07, 6.45) is 1.36. The summed E-state index contributed by atoms with van der Waals surface area (Å²) >= 11 is 0. The molecule has 4 rings (SSSR count). The summed E-state index contributed by atoms with van der Waals surface area (Å²) in [6.45, 7) is 2.04. The third-order valence-corrected chi connectivity index (χ3v) is 6.05. The number of halogens is 7. The molecule has 36 heavy (non-hydrogen) atoms. The zero-order valence-electron chi connectivity index (χ0n) is 19.2. The van der Waals surface area contributed by atoms with Gasteiger partial charge in [-0.05, 0) is 65.8 Å². The van der Waals surface area contributed by atoms with Crippen molar-refractivity contribution in [2.45, 2.75) is 32.6 Å². The Hall–Kier alpha value is -3.61. The van der Waals surface area contributed by atoms with Gasteiger partial charge in [0.15, 0.2) is 29.1 Å². The Morgan fingerprint density at radius 1 is 0.472 bits per heavy atom. The molecule has 4 aromatic carbocycles. The molecule has 0 amide bonds. The van der Waals surface area contributed by atoms with Crippen molar-refractivity contribution in [3.05, 3.63) is 118 Å². The van der Waals surface area contributed by atoms with E-state index < -0.39 is 46.3 Å². The van der Waals surface area contributed by atoms with Crippen LogP contribution in [0.3, 0.4) is 0 Å². The smallest absolute Gasteiger partial charge is 0.194 e. The van der Waals surface area contributed by atoms with Crippen molar-refractivity contribution in [1.82, 2.24) is 0 Å². The zero-order valence-corrected chi connectivity index (χ0v) is 19.2. The summed E-state index contributed by atoms with van der Waals surface area (Å²) in [5, 5.41) is 0. The van der Waals surface area contributed by atoms with Crippen molar-refractivity contribution < 1.29 is 30.7 Å². The number of aryl methyl sites for hydroxylation is 2. The van der Waals surface area contributed by atoms with E-state index in [2.05, 4.69) is 0 Å². The lowest BCUT2D eigenvalue weighted by molar-refractivity contribution is 0.445. The summed E-state index contributed by atoms with van der Waals surface area (Å²) in [4.78, 5) is 0. The highest BCUT2D eigenvalue weighted by Gasteiger charge is 2.19. The highest BCUT2D eigenvalue weighted by Crippen LogP contribution is 2.33. The van der Waals surface area contributed by atoms with Gasteiger partial charge < -0.3 is 0 Å². The van der Waals surface area contributed by atoms with Gasteiger partial charge in [-0.25, -0.2) is 30.7 Å². The highest BCUT2D eigenvalue weighted by atomic mass is 19.2. The molecule has 0 saturated heterocycles. The highest BCUT2D eigenvalue weighted by molar-refractivity contribution is 5.72. The van der Waals surface area contributed by atoms with E-state index in [4.69, 9.17) is 0 Å². The van der Waals surface area contributed by atoms with Gasteiger partial charge in [-0.1, -0.05) is 49.7 Å². The van der Waals surface area contributed by atoms with Crippen molar-refractivity contribution in [1.29, 1.82) is 0 Å². The molecule has 0 heterocycles. The van der Waals surface area contributed by atoms with Gasteiger partial charge in [0, 0.05) is 16.7 Å². The van der Waals surface area contributed by atoms with Gasteiger partial charge in [0.05, 0.1) is 0 Å². The molecule has 0 aliphatic heterocycles. The topological polar surface area (TPSA) is 0 Å². The van der Waals surface area contributed by atoms with Crippen LogP contribution in [-0.2, 0) is 19.3 Å². The van der Waals surface area contributed by atoms with E-state index in [1.54, 1.807) is 12.1 Å². The van der Waals surface area contributed by atoms with Crippen LogP contribution >= 0.6 is 0 Å². The molecule has 0 N–H and O–H groups in total. The van der Waals surface area contributed by atoms with Crippen LogP contribution in [0.5, 0.6) is 0 Å². The van der Waals surface area contributed by atoms with Crippen molar-refractivity contribution in [3.8, 4) is 22.3 Å². The van der Waals surface area contributed by atoms with Crippen molar-refractivity contribution in [2.75, 3.05) is 0 Å². The largest absolute Gasteiger partial charge is 0.207 e. The van der Waals surface area contributed by atoms with E-state index >= 15 is 0 Å². The van der Waals surface area contributed by atoms with Crippen LogP contribution in [0, 0.1) is 40.7 Å². The van der Waals surface area contributed by atoms with Crippen molar-refractivity contribution in [2.24, 2.45) is 0 Å². The van der Waals surface area contributed by atoms with Gasteiger partial charge in [0.1, 0.15) is 11.6 Å². The molecule has 0 nitrogen and oxygen atoms in total. The molecule has 0 unspecified atom stereocenters.